The quantitative estimate of drug-likeness (QED) is 0.642. The molecule has 32 heavy (non-hydrogen) atoms. The number of hydrogen-bond donors (Lipinski definition) is 0. The Balaban J connectivity index is 1.38. The number of rotatable bonds is 4. The van der Waals surface area contributed by atoms with Crippen LogP contribution in [0.15, 0.2) is 47.5 Å². The van der Waals surface area contributed by atoms with E-state index in [1.54, 1.807) is 0 Å². The van der Waals surface area contributed by atoms with Crippen molar-refractivity contribution in [2.24, 2.45) is 10.4 Å². The standard InChI is InChI=1S/C26H31F2N3O/c1-26(2,3)17-24(32)31-15-13-30(14-16-31)19-9-7-18(8-10-19)22-11-12-23(29-22)25-20(27)5-4-6-21(25)28/h4-10,22H,11-17H2,1-3H3. The van der Waals surface area contributed by atoms with E-state index in [1.165, 1.54) is 18.2 Å². The molecule has 1 saturated heterocycles. The fourth-order valence-electron chi connectivity index (χ4n) is 4.48. The number of nitrogens with zero attached hydrogens (tertiary/aromatic N) is 3. The first-order valence-corrected chi connectivity index (χ1v) is 11.3. The highest BCUT2D eigenvalue weighted by Gasteiger charge is 2.26. The number of piperazine rings is 1. The normalized spacial score (nSPS) is 19.3. The van der Waals surface area contributed by atoms with Crippen molar-refractivity contribution in [3.8, 4) is 0 Å². The van der Waals surface area contributed by atoms with Gasteiger partial charge in [-0.25, -0.2) is 8.78 Å². The molecule has 0 radical (unpaired) electrons. The summed E-state index contributed by atoms with van der Waals surface area (Å²) in [6.07, 6.45) is 1.88. The summed E-state index contributed by atoms with van der Waals surface area (Å²) in [4.78, 5) is 21.4. The molecule has 1 fully saturated rings. The molecule has 0 aliphatic carbocycles. The summed E-state index contributed by atoms with van der Waals surface area (Å²) in [5.41, 5.74) is 2.69. The molecule has 1 amide bonds. The number of hydrogen-bond acceptors (Lipinski definition) is 3. The van der Waals surface area contributed by atoms with Gasteiger partial charge in [-0.15, -0.1) is 0 Å². The Hall–Kier alpha value is -2.76. The van der Waals surface area contributed by atoms with Crippen LogP contribution in [-0.2, 0) is 4.79 Å². The van der Waals surface area contributed by atoms with Crippen molar-refractivity contribution >= 4 is 17.3 Å². The second-order valence-corrected chi connectivity index (χ2v) is 9.92. The molecule has 2 aliphatic heterocycles. The molecule has 0 aromatic heterocycles. The van der Waals surface area contributed by atoms with Gasteiger partial charge in [0.1, 0.15) is 11.6 Å². The van der Waals surface area contributed by atoms with Crippen molar-refractivity contribution in [1.82, 2.24) is 4.90 Å². The van der Waals surface area contributed by atoms with Crippen LogP contribution in [0.2, 0.25) is 0 Å². The molecule has 1 unspecified atom stereocenters. The monoisotopic (exact) mass is 439 g/mol. The number of benzene rings is 2. The predicted molar refractivity (Wildman–Crippen MR) is 124 cm³/mol. The van der Waals surface area contributed by atoms with Crippen LogP contribution in [-0.4, -0.2) is 42.7 Å². The van der Waals surface area contributed by atoms with Crippen LogP contribution in [0.3, 0.4) is 0 Å². The Morgan fingerprint density at radius 1 is 1.00 bits per heavy atom. The second kappa shape index (κ2) is 9.00. The lowest BCUT2D eigenvalue weighted by Crippen LogP contribution is -2.49. The second-order valence-electron chi connectivity index (χ2n) is 9.92. The maximum absolute atomic E-state index is 14.1. The molecule has 0 bridgehead atoms. The molecule has 2 heterocycles. The zero-order chi connectivity index (χ0) is 22.9. The summed E-state index contributed by atoms with van der Waals surface area (Å²) < 4.78 is 28.2. The number of amides is 1. The van der Waals surface area contributed by atoms with Gasteiger partial charge in [0, 0.05) is 44.0 Å². The number of anilines is 1. The molecule has 0 saturated carbocycles. The Labute approximate surface area is 188 Å². The molecular weight excluding hydrogens is 408 g/mol. The van der Waals surface area contributed by atoms with Gasteiger partial charge >= 0.3 is 0 Å². The fraction of sp³-hybridized carbons (Fsp3) is 0.462. The molecule has 1 atom stereocenters. The highest BCUT2D eigenvalue weighted by atomic mass is 19.1. The van der Waals surface area contributed by atoms with E-state index in [1.807, 2.05) is 4.90 Å². The summed E-state index contributed by atoms with van der Waals surface area (Å²) in [6, 6.07) is 12.1. The maximum Gasteiger partial charge on any atom is 0.223 e. The van der Waals surface area contributed by atoms with Crippen LogP contribution in [0.4, 0.5) is 14.5 Å². The number of carbonyl (C=O) groups is 1. The summed E-state index contributed by atoms with van der Waals surface area (Å²) >= 11 is 0. The van der Waals surface area contributed by atoms with Crippen molar-refractivity contribution in [3.05, 3.63) is 65.2 Å². The molecule has 2 aliphatic rings. The van der Waals surface area contributed by atoms with E-state index < -0.39 is 11.6 Å². The third-order valence-electron chi connectivity index (χ3n) is 6.17. The fourth-order valence-corrected chi connectivity index (χ4v) is 4.48. The van der Waals surface area contributed by atoms with Gasteiger partial charge in [0.05, 0.1) is 11.6 Å². The summed E-state index contributed by atoms with van der Waals surface area (Å²) in [7, 11) is 0. The van der Waals surface area contributed by atoms with Crippen molar-refractivity contribution in [3.63, 3.8) is 0 Å². The summed E-state index contributed by atoms with van der Waals surface area (Å²) in [5, 5.41) is 0. The SMILES string of the molecule is CC(C)(C)CC(=O)N1CCN(c2ccc(C3CCC(c4c(F)cccc4F)=N3)cc2)CC1. The topological polar surface area (TPSA) is 35.9 Å². The first-order chi connectivity index (χ1) is 15.2. The van der Waals surface area contributed by atoms with Gasteiger partial charge in [-0.3, -0.25) is 9.79 Å². The van der Waals surface area contributed by atoms with Crippen LogP contribution in [0.1, 0.15) is 57.2 Å². The third-order valence-corrected chi connectivity index (χ3v) is 6.17. The Kier molecular flexibility index (Phi) is 6.31. The van der Waals surface area contributed by atoms with Gasteiger partial charge in [-0.05, 0) is 48.1 Å². The van der Waals surface area contributed by atoms with E-state index in [2.05, 4.69) is 54.9 Å². The van der Waals surface area contributed by atoms with E-state index in [4.69, 9.17) is 0 Å². The average molecular weight is 440 g/mol. The summed E-state index contributed by atoms with van der Waals surface area (Å²) in [5.74, 6) is -0.881. The van der Waals surface area contributed by atoms with E-state index in [0.29, 0.717) is 18.6 Å². The lowest BCUT2D eigenvalue weighted by atomic mass is 9.91. The van der Waals surface area contributed by atoms with E-state index in [9.17, 15) is 13.6 Å². The third kappa shape index (κ3) is 5.00. The zero-order valence-electron chi connectivity index (χ0n) is 19.1. The number of halogens is 2. The lowest BCUT2D eigenvalue weighted by molar-refractivity contribution is -0.133. The summed E-state index contributed by atoms with van der Waals surface area (Å²) in [6.45, 7) is 9.37. The van der Waals surface area contributed by atoms with Gasteiger partial charge in [0.2, 0.25) is 5.91 Å². The lowest BCUT2D eigenvalue weighted by Gasteiger charge is -2.37. The minimum absolute atomic E-state index is 0.00465. The highest BCUT2D eigenvalue weighted by molar-refractivity contribution is 6.02. The molecule has 170 valence electrons. The minimum Gasteiger partial charge on any atom is -0.368 e. The average Bonchev–Trinajstić information content (AvgIpc) is 3.22. The van der Waals surface area contributed by atoms with Gasteiger partial charge in [0.25, 0.3) is 0 Å². The van der Waals surface area contributed by atoms with Gasteiger partial charge in [0.15, 0.2) is 0 Å². The van der Waals surface area contributed by atoms with Crippen LogP contribution >= 0.6 is 0 Å². The van der Waals surface area contributed by atoms with Crippen molar-refractivity contribution in [1.29, 1.82) is 0 Å². The predicted octanol–water partition coefficient (Wildman–Crippen LogP) is 5.37. The maximum atomic E-state index is 14.1. The molecular formula is C26H31F2N3O. The van der Waals surface area contributed by atoms with E-state index in [-0.39, 0.29) is 22.9 Å². The molecule has 6 heteroatoms. The van der Waals surface area contributed by atoms with Crippen molar-refractivity contribution in [2.75, 3.05) is 31.1 Å². The highest BCUT2D eigenvalue weighted by Crippen LogP contribution is 2.33. The van der Waals surface area contributed by atoms with E-state index >= 15 is 0 Å². The molecule has 4 nitrogen and oxygen atoms in total. The van der Waals surface area contributed by atoms with Crippen LogP contribution < -0.4 is 4.90 Å². The molecule has 2 aromatic rings. The molecule has 2 aromatic carbocycles. The van der Waals surface area contributed by atoms with Crippen molar-refractivity contribution in [2.45, 2.75) is 46.1 Å². The first-order valence-electron chi connectivity index (χ1n) is 11.3. The zero-order valence-corrected chi connectivity index (χ0v) is 19.1. The Morgan fingerprint density at radius 2 is 1.62 bits per heavy atom. The van der Waals surface area contributed by atoms with Crippen LogP contribution in [0.5, 0.6) is 0 Å². The van der Waals surface area contributed by atoms with Crippen LogP contribution in [0.25, 0.3) is 0 Å². The van der Waals surface area contributed by atoms with Crippen molar-refractivity contribution < 1.29 is 13.6 Å². The van der Waals surface area contributed by atoms with Gasteiger partial charge in [-0.2, -0.15) is 0 Å². The largest absolute Gasteiger partial charge is 0.368 e. The Bertz CT molecular complexity index is 982. The Morgan fingerprint density at radius 3 is 2.22 bits per heavy atom. The van der Waals surface area contributed by atoms with E-state index in [0.717, 1.165) is 43.9 Å². The number of aliphatic imine (C=N–C) groups is 1. The molecule has 0 N–H and O–H groups in total. The molecule has 0 spiro atoms. The molecule has 4 rings (SSSR count). The number of carbonyl (C=O) groups excluding carboxylic acids is 1. The van der Waals surface area contributed by atoms with Crippen LogP contribution in [0, 0.1) is 17.0 Å². The first kappa shape index (κ1) is 22.4. The van der Waals surface area contributed by atoms with Gasteiger partial charge in [-0.1, -0.05) is 39.0 Å². The van der Waals surface area contributed by atoms with Gasteiger partial charge < -0.3 is 9.80 Å². The smallest absolute Gasteiger partial charge is 0.223 e. The minimum atomic E-state index is -0.556.